The molecule has 2 aromatic carbocycles. The molecule has 19 nitrogen and oxygen atoms in total. The van der Waals surface area contributed by atoms with Crippen molar-refractivity contribution in [3.8, 4) is 22.9 Å². The predicted molar refractivity (Wildman–Crippen MR) is 239 cm³/mol. The quantitative estimate of drug-likeness (QED) is 0.0605. The summed E-state index contributed by atoms with van der Waals surface area (Å²) < 4.78 is 29.7. The van der Waals surface area contributed by atoms with Crippen LogP contribution in [-0.2, 0) is 66.0 Å². The van der Waals surface area contributed by atoms with Gasteiger partial charge in [-0.25, -0.2) is 14.6 Å². The predicted octanol–water partition coefficient (Wildman–Crippen LogP) is 3.95. The van der Waals surface area contributed by atoms with Crippen molar-refractivity contribution in [3.05, 3.63) is 80.1 Å². The zero-order chi connectivity index (χ0) is 47.7. The number of alkyl carbamates (subject to hydrolysis) is 1. The van der Waals surface area contributed by atoms with E-state index >= 15 is 0 Å². The number of esters is 1. The van der Waals surface area contributed by atoms with Crippen molar-refractivity contribution in [1.29, 1.82) is 0 Å². The Bertz CT molecular complexity index is 2680. The Labute approximate surface area is 385 Å². The number of ether oxygens (including phenoxy) is 5. The Morgan fingerprint density at radius 2 is 1.75 bits per heavy atom. The van der Waals surface area contributed by atoms with E-state index < -0.39 is 54.3 Å². The molecule has 1 fully saturated rings. The number of aromatic nitrogens is 2. The lowest BCUT2D eigenvalue weighted by atomic mass is 9.90. The zero-order valence-electron chi connectivity index (χ0n) is 37.7. The molecule has 6 N–H and O–H groups in total. The summed E-state index contributed by atoms with van der Waals surface area (Å²) in [7, 11) is 0. The summed E-state index contributed by atoms with van der Waals surface area (Å²) in [4.78, 5) is 81.9. The number of aliphatic hydroxyl groups excluding tert-OH is 2. The van der Waals surface area contributed by atoms with Gasteiger partial charge in [-0.05, 0) is 91.5 Å². The number of hydrogen-bond donors (Lipinski definition) is 6. The van der Waals surface area contributed by atoms with Gasteiger partial charge in [-0.3, -0.25) is 19.2 Å². The van der Waals surface area contributed by atoms with Crippen LogP contribution in [0.1, 0.15) is 99.1 Å². The van der Waals surface area contributed by atoms with Crippen molar-refractivity contribution in [1.82, 2.24) is 20.2 Å². The first-order valence-electron chi connectivity index (χ1n) is 22.7. The van der Waals surface area contributed by atoms with Crippen LogP contribution in [0.5, 0.6) is 11.5 Å². The average molecular weight is 926 g/mol. The second-order valence-corrected chi connectivity index (χ2v) is 17.9. The Balaban J connectivity index is 0.955. The van der Waals surface area contributed by atoms with Gasteiger partial charge in [-0.1, -0.05) is 26.8 Å². The standard InChI is InChI=1S/C48H55N5O14/c1-5-29-31-16-36-41-33(19-53(36)45(58)34(31)21-63-47(29)61)30(32-17-38-39(66-22-65-38)18-35(32)52-41)7-6-12-49-48(62)64-20-26-8-10-27(51-44(57)24(4)50-40(55)13-23(2)3)14-25(26)9-11-28-15-37(54)42(56)43(67-28)46(59)60/h8,10,14,16-18,23-24,28-29,37,42-43,54,56H,5-7,9,11-13,15,19-22H2,1-4H3,(H,49,62)(H,50,55)(H,51,57)(H,59,60)/t24-,28-,29+,37+,42-,43-/m0/s1. The number of fused-ring (bicyclic) bond motifs is 6. The minimum Gasteiger partial charge on any atom is -0.479 e. The molecule has 0 radical (unpaired) electrons. The molecule has 0 spiro atoms. The summed E-state index contributed by atoms with van der Waals surface area (Å²) in [5.74, 6) is -1.78. The Morgan fingerprint density at radius 1 is 0.970 bits per heavy atom. The van der Waals surface area contributed by atoms with Gasteiger partial charge < -0.3 is 59.5 Å². The topological polar surface area (TPSA) is 263 Å². The maximum atomic E-state index is 13.9. The van der Waals surface area contributed by atoms with Crippen molar-refractivity contribution in [3.63, 3.8) is 0 Å². The van der Waals surface area contributed by atoms with Gasteiger partial charge in [0.05, 0.1) is 47.1 Å². The third-order valence-electron chi connectivity index (χ3n) is 12.7. The molecule has 356 valence electrons. The van der Waals surface area contributed by atoms with Crippen LogP contribution in [-0.4, -0.2) is 98.5 Å². The van der Waals surface area contributed by atoms with Crippen molar-refractivity contribution < 1.29 is 63.0 Å². The number of rotatable bonds is 16. The van der Waals surface area contributed by atoms with E-state index in [-0.39, 0.29) is 82.1 Å². The molecule has 19 heteroatoms. The molecule has 1 saturated heterocycles. The Kier molecular flexibility index (Phi) is 13.8. The number of aliphatic hydroxyl groups is 2. The molecular formula is C48H55N5O14. The minimum atomic E-state index is -1.61. The summed E-state index contributed by atoms with van der Waals surface area (Å²) in [5.41, 5.74) is 6.23. The number of amides is 3. The number of nitrogens with zero attached hydrogens (tertiary/aromatic N) is 2. The first-order valence-corrected chi connectivity index (χ1v) is 22.7. The number of carbonyl (C=O) groups excluding carboxylic acids is 4. The Hall–Kier alpha value is -6.57. The molecule has 0 bridgehead atoms. The fourth-order valence-corrected chi connectivity index (χ4v) is 9.23. The largest absolute Gasteiger partial charge is 0.479 e. The number of benzene rings is 2. The van der Waals surface area contributed by atoms with Crippen molar-refractivity contribution in [2.75, 3.05) is 18.7 Å². The molecule has 0 saturated carbocycles. The summed E-state index contributed by atoms with van der Waals surface area (Å²) in [6.45, 7) is 7.57. The summed E-state index contributed by atoms with van der Waals surface area (Å²) >= 11 is 0. The highest BCUT2D eigenvalue weighted by Crippen LogP contribution is 2.43. The van der Waals surface area contributed by atoms with Gasteiger partial charge in [0.25, 0.3) is 5.56 Å². The monoisotopic (exact) mass is 925 g/mol. The van der Waals surface area contributed by atoms with Crippen LogP contribution >= 0.6 is 0 Å². The van der Waals surface area contributed by atoms with Gasteiger partial charge in [0.1, 0.15) is 25.4 Å². The van der Waals surface area contributed by atoms with E-state index in [1.807, 2.05) is 39.0 Å². The Morgan fingerprint density at radius 3 is 2.49 bits per heavy atom. The zero-order valence-corrected chi connectivity index (χ0v) is 37.7. The van der Waals surface area contributed by atoms with Crippen molar-refractivity contribution >= 4 is 46.4 Å². The number of aliphatic carboxylic acids is 1. The van der Waals surface area contributed by atoms with E-state index in [9.17, 15) is 44.1 Å². The van der Waals surface area contributed by atoms with E-state index in [2.05, 4.69) is 16.0 Å². The lowest BCUT2D eigenvalue weighted by Crippen LogP contribution is -2.51. The molecular weight excluding hydrogens is 871 g/mol. The maximum absolute atomic E-state index is 13.9. The number of carbonyl (C=O) groups is 5. The molecule has 6 atom stereocenters. The van der Waals surface area contributed by atoms with E-state index in [1.54, 1.807) is 29.7 Å². The number of nitrogens with one attached hydrogen (secondary N) is 3. The van der Waals surface area contributed by atoms with Crippen LogP contribution in [0.2, 0.25) is 0 Å². The first kappa shape index (κ1) is 46.9. The van der Waals surface area contributed by atoms with Crippen LogP contribution in [0, 0.1) is 5.92 Å². The molecule has 0 aliphatic carbocycles. The number of cyclic esters (lactones) is 1. The molecule has 2 aromatic heterocycles. The van der Waals surface area contributed by atoms with Crippen LogP contribution in [0.4, 0.5) is 10.5 Å². The third-order valence-corrected chi connectivity index (χ3v) is 12.7. The molecule has 67 heavy (non-hydrogen) atoms. The second-order valence-electron chi connectivity index (χ2n) is 17.9. The molecule has 3 amide bonds. The average Bonchev–Trinajstić information content (AvgIpc) is 3.90. The van der Waals surface area contributed by atoms with Gasteiger partial charge in [0, 0.05) is 42.1 Å². The molecule has 8 rings (SSSR count). The first-order chi connectivity index (χ1) is 32.1. The SMILES string of the molecule is CC[C@H]1C(=O)OCc2c1cc1n(c2=O)Cc2c-1nc1cc3c(cc1c2CCCNC(=O)OCc1ccc(NC(=O)[C@H](C)NC(=O)CC(C)C)cc1CC[C@H]1C[C@@H](O)[C@H](O)[C@@H](C(=O)O)O1)OCO3. The lowest BCUT2D eigenvalue weighted by Gasteiger charge is -2.35. The number of hydrogen-bond acceptors (Lipinski definition) is 14. The lowest BCUT2D eigenvalue weighted by molar-refractivity contribution is -0.193. The van der Waals surface area contributed by atoms with E-state index in [4.69, 9.17) is 28.7 Å². The smallest absolute Gasteiger partial charge is 0.407 e. The second kappa shape index (κ2) is 19.7. The van der Waals surface area contributed by atoms with E-state index in [0.717, 1.165) is 16.5 Å². The molecule has 0 unspecified atom stereocenters. The molecule has 4 aromatic rings. The number of carboxylic acids is 1. The number of aryl methyl sites for hydroxylation is 2. The summed E-state index contributed by atoms with van der Waals surface area (Å²) in [6.07, 6.45) is -3.71. The van der Waals surface area contributed by atoms with E-state index in [0.29, 0.717) is 75.6 Å². The van der Waals surface area contributed by atoms with Crippen molar-refractivity contribution in [2.24, 2.45) is 5.92 Å². The van der Waals surface area contributed by atoms with Crippen LogP contribution in [0.25, 0.3) is 22.3 Å². The van der Waals surface area contributed by atoms with Gasteiger partial charge in [0.2, 0.25) is 18.6 Å². The highest BCUT2D eigenvalue weighted by atomic mass is 16.7. The minimum absolute atomic E-state index is 0.00400. The summed E-state index contributed by atoms with van der Waals surface area (Å²) in [5, 5.41) is 39.2. The van der Waals surface area contributed by atoms with Gasteiger partial charge in [-0.2, -0.15) is 0 Å². The number of pyridine rings is 2. The number of carboxylic acid groups (broad SMARTS) is 1. The summed E-state index contributed by atoms with van der Waals surface area (Å²) in [6, 6.07) is 9.78. The fraction of sp³-hybridized carbons (Fsp3) is 0.479. The fourth-order valence-electron chi connectivity index (χ4n) is 9.23. The number of anilines is 1. The van der Waals surface area contributed by atoms with Gasteiger partial charge in [0.15, 0.2) is 17.6 Å². The third kappa shape index (κ3) is 9.94. The van der Waals surface area contributed by atoms with Crippen LogP contribution in [0.15, 0.2) is 41.2 Å². The maximum Gasteiger partial charge on any atom is 0.407 e. The normalized spacial score (nSPS) is 20.6. The molecule has 4 aliphatic rings. The molecule has 4 aliphatic heterocycles. The van der Waals surface area contributed by atoms with E-state index in [1.165, 1.54) is 0 Å². The molecule has 6 heterocycles. The highest BCUT2D eigenvalue weighted by molar-refractivity contribution is 5.97. The van der Waals surface area contributed by atoms with Crippen molar-refractivity contribution in [2.45, 2.75) is 129 Å². The van der Waals surface area contributed by atoms with Gasteiger partial charge >= 0.3 is 18.0 Å². The van der Waals surface area contributed by atoms with Gasteiger partial charge in [-0.15, -0.1) is 0 Å². The van der Waals surface area contributed by atoms with Crippen LogP contribution < -0.4 is 31.0 Å². The highest BCUT2D eigenvalue weighted by Gasteiger charge is 2.41. The van der Waals surface area contributed by atoms with Crippen LogP contribution in [0.3, 0.4) is 0 Å².